The molecule has 25 heavy (non-hydrogen) atoms. The zero-order valence-corrected chi connectivity index (χ0v) is 15.1. The summed E-state index contributed by atoms with van der Waals surface area (Å²) < 4.78 is 0. The highest BCUT2D eigenvalue weighted by molar-refractivity contribution is 5.74. The standard InChI is InChI=1S/C19H30N4O2/c1-19(14-24,17-6-7-17)22-18(25)21-11-16-5-3-9-23(13-16)12-15-4-2-8-20-10-15/h2,4,8,10,16-17,24H,3,5-7,9,11-14H2,1H3,(H2,21,22,25)/t16-,19-/m0/s1. The highest BCUT2D eigenvalue weighted by Crippen LogP contribution is 2.39. The minimum Gasteiger partial charge on any atom is -0.394 e. The molecule has 6 nitrogen and oxygen atoms in total. The second kappa shape index (κ2) is 8.15. The van der Waals surface area contributed by atoms with Crippen LogP contribution < -0.4 is 10.6 Å². The van der Waals surface area contributed by atoms with E-state index < -0.39 is 5.54 Å². The maximum atomic E-state index is 12.2. The maximum Gasteiger partial charge on any atom is 0.315 e. The highest BCUT2D eigenvalue weighted by Gasteiger charge is 2.42. The number of carbonyl (C=O) groups is 1. The molecule has 2 heterocycles. The van der Waals surface area contributed by atoms with Crippen LogP contribution in [0.1, 0.15) is 38.2 Å². The van der Waals surface area contributed by atoms with Crippen molar-refractivity contribution in [1.82, 2.24) is 20.5 Å². The number of carbonyl (C=O) groups excluding carboxylic acids is 1. The van der Waals surface area contributed by atoms with Gasteiger partial charge in [-0.15, -0.1) is 0 Å². The molecule has 138 valence electrons. The zero-order chi connectivity index (χ0) is 17.7. The van der Waals surface area contributed by atoms with E-state index in [1.165, 1.54) is 5.56 Å². The lowest BCUT2D eigenvalue weighted by atomic mass is 9.97. The van der Waals surface area contributed by atoms with E-state index in [1.807, 2.05) is 19.2 Å². The van der Waals surface area contributed by atoms with E-state index in [9.17, 15) is 9.90 Å². The van der Waals surface area contributed by atoms with Crippen molar-refractivity contribution in [2.45, 2.75) is 44.7 Å². The third-order valence-corrected chi connectivity index (χ3v) is 5.49. The number of nitrogens with zero attached hydrogens (tertiary/aromatic N) is 2. The fraction of sp³-hybridized carbons (Fsp3) is 0.684. The molecule has 1 saturated heterocycles. The Labute approximate surface area is 150 Å². The van der Waals surface area contributed by atoms with Gasteiger partial charge in [0.25, 0.3) is 0 Å². The fourth-order valence-corrected chi connectivity index (χ4v) is 3.74. The maximum absolute atomic E-state index is 12.2. The fourth-order valence-electron chi connectivity index (χ4n) is 3.74. The molecule has 2 aliphatic rings. The molecule has 0 spiro atoms. The van der Waals surface area contributed by atoms with Crippen molar-refractivity contribution in [2.75, 3.05) is 26.2 Å². The van der Waals surface area contributed by atoms with Crippen molar-refractivity contribution in [3.63, 3.8) is 0 Å². The average molecular weight is 346 g/mol. The molecule has 6 heteroatoms. The first-order valence-corrected chi connectivity index (χ1v) is 9.37. The lowest BCUT2D eigenvalue weighted by molar-refractivity contribution is 0.149. The first kappa shape index (κ1) is 18.1. The van der Waals surface area contributed by atoms with Gasteiger partial charge in [-0.1, -0.05) is 6.07 Å². The van der Waals surface area contributed by atoms with Gasteiger partial charge in [-0.05, 0) is 62.6 Å². The van der Waals surface area contributed by atoms with Gasteiger partial charge in [0.2, 0.25) is 0 Å². The Kier molecular flexibility index (Phi) is 5.91. The van der Waals surface area contributed by atoms with E-state index in [-0.39, 0.29) is 12.6 Å². The normalized spacial score (nSPS) is 23.7. The molecule has 1 aliphatic heterocycles. The van der Waals surface area contributed by atoms with Gasteiger partial charge in [0.15, 0.2) is 0 Å². The van der Waals surface area contributed by atoms with Gasteiger partial charge < -0.3 is 15.7 Å². The molecule has 1 saturated carbocycles. The van der Waals surface area contributed by atoms with Crippen LogP contribution in [0.5, 0.6) is 0 Å². The lowest BCUT2D eigenvalue weighted by Crippen LogP contribution is -2.55. The predicted octanol–water partition coefficient (Wildman–Crippen LogP) is 1.75. The van der Waals surface area contributed by atoms with E-state index in [4.69, 9.17) is 0 Å². The summed E-state index contributed by atoms with van der Waals surface area (Å²) in [4.78, 5) is 18.8. The molecular weight excluding hydrogens is 316 g/mol. The summed E-state index contributed by atoms with van der Waals surface area (Å²) in [7, 11) is 0. The molecule has 2 fully saturated rings. The number of amides is 2. The van der Waals surface area contributed by atoms with Gasteiger partial charge in [-0.3, -0.25) is 9.88 Å². The molecule has 2 amide bonds. The Morgan fingerprint density at radius 3 is 2.96 bits per heavy atom. The topological polar surface area (TPSA) is 77.5 Å². The summed E-state index contributed by atoms with van der Waals surface area (Å²) in [6.45, 7) is 5.62. The minimum atomic E-state index is -0.483. The van der Waals surface area contributed by atoms with E-state index in [0.717, 1.165) is 45.3 Å². The van der Waals surface area contributed by atoms with Crippen LogP contribution in [0, 0.1) is 11.8 Å². The number of rotatable bonds is 7. The van der Waals surface area contributed by atoms with Crippen LogP contribution in [0.4, 0.5) is 4.79 Å². The Morgan fingerprint density at radius 1 is 1.44 bits per heavy atom. The SMILES string of the molecule is C[C@@](CO)(NC(=O)NC[C@@H]1CCCN(Cc2cccnc2)C1)C1CC1. The van der Waals surface area contributed by atoms with Crippen molar-refractivity contribution < 1.29 is 9.90 Å². The van der Waals surface area contributed by atoms with Gasteiger partial charge in [-0.2, -0.15) is 0 Å². The van der Waals surface area contributed by atoms with Crippen molar-refractivity contribution >= 4 is 6.03 Å². The lowest BCUT2D eigenvalue weighted by Gasteiger charge is -2.33. The number of aliphatic hydroxyl groups excluding tert-OH is 1. The molecule has 3 rings (SSSR count). The summed E-state index contributed by atoms with van der Waals surface area (Å²) in [6.07, 6.45) is 8.19. The van der Waals surface area contributed by atoms with Gasteiger partial charge in [0.1, 0.15) is 0 Å². The van der Waals surface area contributed by atoms with Crippen LogP contribution in [0.25, 0.3) is 0 Å². The summed E-state index contributed by atoms with van der Waals surface area (Å²) in [5, 5.41) is 15.6. The number of nitrogens with one attached hydrogen (secondary N) is 2. The van der Waals surface area contributed by atoms with E-state index >= 15 is 0 Å². The molecule has 0 radical (unpaired) electrons. The van der Waals surface area contributed by atoms with Gasteiger partial charge in [-0.25, -0.2) is 4.79 Å². The van der Waals surface area contributed by atoms with Crippen LogP contribution >= 0.6 is 0 Å². The number of pyridine rings is 1. The smallest absolute Gasteiger partial charge is 0.315 e. The number of aliphatic hydroxyl groups is 1. The highest BCUT2D eigenvalue weighted by atomic mass is 16.3. The number of likely N-dealkylation sites (tertiary alicyclic amines) is 1. The zero-order valence-electron chi connectivity index (χ0n) is 15.1. The van der Waals surface area contributed by atoms with Gasteiger partial charge in [0, 0.05) is 32.0 Å². The van der Waals surface area contributed by atoms with Crippen molar-refractivity contribution in [3.8, 4) is 0 Å². The summed E-state index contributed by atoms with van der Waals surface area (Å²) in [5.41, 5.74) is 0.750. The Morgan fingerprint density at radius 2 is 2.28 bits per heavy atom. The second-order valence-corrected chi connectivity index (χ2v) is 7.79. The molecule has 0 bridgehead atoms. The van der Waals surface area contributed by atoms with Crippen molar-refractivity contribution in [3.05, 3.63) is 30.1 Å². The second-order valence-electron chi connectivity index (χ2n) is 7.79. The quantitative estimate of drug-likeness (QED) is 0.703. The van der Waals surface area contributed by atoms with Crippen LogP contribution in [-0.4, -0.2) is 52.8 Å². The molecule has 0 aromatic carbocycles. The Hall–Kier alpha value is -1.66. The number of aromatic nitrogens is 1. The van der Waals surface area contributed by atoms with Gasteiger partial charge in [0.05, 0.1) is 12.1 Å². The summed E-state index contributed by atoms with van der Waals surface area (Å²) in [5.74, 6) is 0.880. The number of hydrogen-bond acceptors (Lipinski definition) is 4. The molecule has 3 N–H and O–H groups in total. The monoisotopic (exact) mass is 346 g/mol. The van der Waals surface area contributed by atoms with Crippen LogP contribution in [0.2, 0.25) is 0 Å². The molecule has 1 aliphatic carbocycles. The molecule has 1 aromatic heterocycles. The minimum absolute atomic E-state index is 0.00654. The van der Waals surface area contributed by atoms with Crippen LogP contribution in [0.3, 0.4) is 0 Å². The Bertz CT molecular complexity index is 564. The first-order chi connectivity index (χ1) is 12.1. The van der Waals surface area contributed by atoms with E-state index in [1.54, 1.807) is 6.20 Å². The van der Waals surface area contributed by atoms with Crippen molar-refractivity contribution in [2.24, 2.45) is 11.8 Å². The Balaban J connectivity index is 1.42. The van der Waals surface area contributed by atoms with Gasteiger partial charge >= 0.3 is 6.03 Å². The molecule has 0 unspecified atom stereocenters. The summed E-state index contributed by atoms with van der Waals surface area (Å²) >= 11 is 0. The number of piperidine rings is 1. The first-order valence-electron chi connectivity index (χ1n) is 9.37. The largest absolute Gasteiger partial charge is 0.394 e. The number of urea groups is 1. The average Bonchev–Trinajstić information content (AvgIpc) is 3.47. The van der Waals surface area contributed by atoms with E-state index in [0.29, 0.717) is 18.4 Å². The molecule has 1 aromatic rings. The van der Waals surface area contributed by atoms with Crippen LogP contribution in [-0.2, 0) is 6.54 Å². The van der Waals surface area contributed by atoms with E-state index in [2.05, 4.69) is 26.6 Å². The molecule has 2 atom stereocenters. The van der Waals surface area contributed by atoms with Crippen molar-refractivity contribution in [1.29, 1.82) is 0 Å². The number of hydrogen-bond donors (Lipinski definition) is 3. The third-order valence-electron chi connectivity index (χ3n) is 5.49. The molecular formula is C19H30N4O2. The van der Waals surface area contributed by atoms with Crippen LogP contribution in [0.15, 0.2) is 24.5 Å². The third kappa shape index (κ3) is 5.16. The predicted molar refractivity (Wildman–Crippen MR) is 97.0 cm³/mol. The summed E-state index contributed by atoms with van der Waals surface area (Å²) in [6, 6.07) is 3.92.